The van der Waals surface area contributed by atoms with Gasteiger partial charge in [0.25, 0.3) is 10.0 Å². The van der Waals surface area contributed by atoms with Crippen LogP contribution < -0.4 is 10.2 Å². The third kappa shape index (κ3) is 3.08. The van der Waals surface area contributed by atoms with Crippen molar-refractivity contribution in [1.82, 2.24) is 4.98 Å². The highest BCUT2D eigenvalue weighted by molar-refractivity contribution is 7.92. The van der Waals surface area contributed by atoms with Gasteiger partial charge in [-0.25, -0.2) is 8.42 Å². The number of anilines is 1. The van der Waals surface area contributed by atoms with E-state index in [9.17, 15) is 13.2 Å². The topological polar surface area (TPSA) is 79.0 Å². The first-order valence-corrected chi connectivity index (χ1v) is 7.68. The summed E-state index contributed by atoms with van der Waals surface area (Å²) >= 11 is 0. The highest BCUT2D eigenvalue weighted by Crippen LogP contribution is 2.18. The van der Waals surface area contributed by atoms with Crippen molar-refractivity contribution in [2.24, 2.45) is 0 Å². The second kappa shape index (κ2) is 5.50. The maximum Gasteiger partial charge on any atom is 0.267 e. The molecule has 6 heteroatoms. The van der Waals surface area contributed by atoms with E-state index in [-0.39, 0.29) is 4.90 Å². The molecule has 106 valence electrons. The molecular weight excluding hydrogens is 276 g/mol. The Morgan fingerprint density at radius 1 is 1.10 bits per heavy atom. The molecule has 0 radical (unpaired) electrons. The molecule has 2 aromatic rings. The van der Waals surface area contributed by atoms with Gasteiger partial charge in [-0.05, 0) is 23.6 Å². The summed E-state index contributed by atoms with van der Waals surface area (Å²) in [6.07, 6.45) is 2.56. The number of aromatic nitrogens is 1. The maximum atomic E-state index is 12.1. The lowest BCUT2D eigenvalue weighted by Gasteiger charge is -2.09. The smallest absolute Gasteiger partial charge is 0.267 e. The monoisotopic (exact) mass is 292 g/mol. The zero-order valence-electron chi connectivity index (χ0n) is 11.3. The number of aromatic amines is 1. The van der Waals surface area contributed by atoms with Crippen LogP contribution in [0.2, 0.25) is 0 Å². The molecule has 0 unspecified atom stereocenters. The third-order valence-electron chi connectivity index (χ3n) is 2.91. The van der Waals surface area contributed by atoms with Gasteiger partial charge < -0.3 is 4.98 Å². The summed E-state index contributed by atoms with van der Waals surface area (Å²) in [6.45, 7) is 4.12. The van der Waals surface area contributed by atoms with Crippen molar-refractivity contribution in [2.45, 2.75) is 24.7 Å². The van der Waals surface area contributed by atoms with Gasteiger partial charge in [0.05, 0.1) is 0 Å². The van der Waals surface area contributed by atoms with Crippen molar-refractivity contribution in [1.29, 1.82) is 0 Å². The van der Waals surface area contributed by atoms with E-state index in [1.165, 1.54) is 18.5 Å². The van der Waals surface area contributed by atoms with Crippen LogP contribution in [0.3, 0.4) is 0 Å². The van der Waals surface area contributed by atoms with Crippen LogP contribution in [0.15, 0.2) is 52.4 Å². The number of sulfonamides is 1. The Bertz CT molecular complexity index is 746. The number of hydrogen-bond donors (Lipinski definition) is 2. The van der Waals surface area contributed by atoms with Crippen molar-refractivity contribution < 1.29 is 8.42 Å². The van der Waals surface area contributed by atoms with Gasteiger partial charge in [-0.2, -0.15) is 0 Å². The zero-order chi connectivity index (χ0) is 14.8. The van der Waals surface area contributed by atoms with Crippen LogP contribution in [0, 0.1) is 0 Å². The van der Waals surface area contributed by atoms with Crippen molar-refractivity contribution in [2.75, 3.05) is 4.72 Å². The molecule has 0 aliphatic heterocycles. The fraction of sp³-hybridized carbons (Fsp3) is 0.214. The first-order chi connectivity index (χ1) is 9.40. The molecule has 1 heterocycles. The van der Waals surface area contributed by atoms with Gasteiger partial charge in [0, 0.05) is 24.1 Å². The first kappa shape index (κ1) is 14.3. The highest BCUT2D eigenvalue weighted by Gasteiger charge is 2.17. The van der Waals surface area contributed by atoms with Gasteiger partial charge in [-0.15, -0.1) is 0 Å². The van der Waals surface area contributed by atoms with Crippen LogP contribution in [0.25, 0.3) is 0 Å². The first-order valence-electron chi connectivity index (χ1n) is 6.20. The minimum atomic E-state index is -3.87. The normalized spacial score (nSPS) is 11.6. The average molecular weight is 292 g/mol. The van der Waals surface area contributed by atoms with E-state index >= 15 is 0 Å². The number of hydrogen-bond acceptors (Lipinski definition) is 3. The molecule has 0 aliphatic carbocycles. The summed E-state index contributed by atoms with van der Waals surface area (Å²) in [7, 11) is -3.87. The van der Waals surface area contributed by atoms with Gasteiger partial charge in [0.15, 0.2) is 4.90 Å². The SMILES string of the molecule is CC(C)c1ccc(NS(=O)(=O)c2c[nH]ccc2=O)cc1. The van der Waals surface area contributed by atoms with E-state index in [0.29, 0.717) is 11.6 Å². The molecule has 2 N–H and O–H groups in total. The van der Waals surface area contributed by atoms with Gasteiger partial charge in [0.1, 0.15) is 0 Å². The van der Waals surface area contributed by atoms with Crippen molar-refractivity contribution in [3.8, 4) is 0 Å². The quantitative estimate of drug-likeness (QED) is 0.907. The van der Waals surface area contributed by atoms with Gasteiger partial charge in [-0.3, -0.25) is 9.52 Å². The molecule has 0 saturated carbocycles. The van der Waals surface area contributed by atoms with Gasteiger partial charge in [0.2, 0.25) is 5.43 Å². The molecule has 0 atom stereocenters. The summed E-state index contributed by atoms with van der Waals surface area (Å²) < 4.78 is 26.6. The number of H-pyrrole nitrogens is 1. The van der Waals surface area contributed by atoms with E-state index in [1.54, 1.807) is 12.1 Å². The molecule has 5 nitrogen and oxygen atoms in total. The van der Waals surface area contributed by atoms with E-state index in [4.69, 9.17) is 0 Å². The van der Waals surface area contributed by atoms with Crippen molar-refractivity contribution in [3.05, 3.63) is 58.5 Å². The summed E-state index contributed by atoms with van der Waals surface area (Å²) in [6, 6.07) is 8.26. The van der Waals surface area contributed by atoms with Crippen molar-refractivity contribution >= 4 is 15.7 Å². The van der Waals surface area contributed by atoms with E-state index in [1.807, 2.05) is 12.1 Å². The fourth-order valence-corrected chi connectivity index (χ4v) is 2.87. The van der Waals surface area contributed by atoms with Gasteiger partial charge in [-0.1, -0.05) is 26.0 Å². The Kier molecular flexibility index (Phi) is 3.94. The molecule has 20 heavy (non-hydrogen) atoms. The Balaban J connectivity index is 2.29. The minimum Gasteiger partial charge on any atom is -0.366 e. The molecule has 0 spiro atoms. The van der Waals surface area contributed by atoms with Crippen LogP contribution in [0.5, 0.6) is 0 Å². The summed E-state index contributed by atoms with van der Waals surface area (Å²) in [5.41, 5.74) is 0.998. The second-order valence-electron chi connectivity index (χ2n) is 4.76. The molecule has 0 bridgehead atoms. The Hall–Kier alpha value is -2.08. The average Bonchev–Trinajstić information content (AvgIpc) is 2.39. The van der Waals surface area contributed by atoms with E-state index < -0.39 is 15.5 Å². The molecule has 1 aromatic heterocycles. The highest BCUT2D eigenvalue weighted by atomic mass is 32.2. The molecule has 0 aliphatic rings. The molecule has 0 amide bonds. The van der Waals surface area contributed by atoms with Crippen LogP contribution in [-0.4, -0.2) is 13.4 Å². The number of rotatable bonds is 4. The third-order valence-corrected chi connectivity index (χ3v) is 4.31. The predicted molar refractivity (Wildman–Crippen MR) is 78.4 cm³/mol. The fourth-order valence-electron chi connectivity index (χ4n) is 1.76. The standard InChI is InChI=1S/C14H16N2O3S/c1-10(2)11-3-5-12(6-4-11)16-20(18,19)14-9-15-8-7-13(14)17/h3-10,16H,1-2H3,(H,15,17). The molecule has 2 rings (SSSR count). The van der Waals surface area contributed by atoms with E-state index in [0.717, 1.165) is 5.56 Å². The predicted octanol–water partition coefficient (Wildman–Crippen LogP) is 2.30. The van der Waals surface area contributed by atoms with Crippen LogP contribution in [-0.2, 0) is 10.0 Å². The van der Waals surface area contributed by atoms with Crippen molar-refractivity contribution in [3.63, 3.8) is 0 Å². The number of pyridine rings is 1. The lowest BCUT2D eigenvalue weighted by molar-refractivity contribution is 0.600. The van der Waals surface area contributed by atoms with Crippen LogP contribution >= 0.6 is 0 Å². The zero-order valence-corrected chi connectivity index (χ0v) is 12.1. The van der Waals surface area contributed by atoms with E-state index in [2.05, 4.69) is 23.6 Å². The Labute approximate surface area is 117 Å². The Morgan fingerprint density at radius 2 is 1.75 bits per heavy atom. The lowest BCUT2D eigenvalue weighted by Crippen LogP contribution is -2.20. The summed E-state index contributed by atoms with van der Waals surface area (Å²) in [4.78, 5) is 13.9. The largest absolute Gasteiger partial charge is 0.366 e. The molecule has 0 fully saturated rings. The maximum absolute atomic E-state index is 12.1. The second-order valence-corrected chi connectivity index (χ2v) is 6.41. The number of nitrogens with one attached hydrogen (secondary N) is 2. The number of benzene rings is 1. The minimum absolute atomic E-state index is 0.298. The van der Waals surface area contributed by atoms with Crippen LogP contribution in [0.1, 0.15) is 25.3 Å². The molecular formula is C14H16N2O3S. The lowest BCUT2D eigenvalue weighted by atomic mass is 10.0. The summed E-state index contributed by atoms with van der Waals surface area (Å²) in [5.74, 6) is 0.373. The Morgan fingerprint density at radius 3 is 2.30 bits per heavy atom. The molecule has 1 aromatic carbocycles. The van der Waals surface area contributed by atoms with Gasteiger partial charge >= 0.3 is 0 Å². The molecule has 0 saturated heterocycles. The summed E-state index contributed by atoms with van der Waals surface area (Å²) in [5, 5.41) is 0. The van der Waals surface area contributed by atoms with Crippen LogP contribution in [0.4, 0.5) is 5.69 Å².